The van der Waals surface area contributed by atoms with Crippen LogP contribution in [0.3, 0.4) is 0 Å². The second-order valence-electron chi connectivity index (χ2n) is 18.2. The molecule has 0 bridgehead atoms. The Labute approximate surface area is 348 Å². The van der Waals surface area contributed by atoms with Gasteiger partial charge in [-0.2, -0.15) is 5.26 Å². The third-order valence-electron chi connectivity index (χ3n) is 13.6. The maximum absolute atomic E-state index is 14.8. The largest absolute Gasteiger partial charge is 0.495 e. The lowest BCUT2D eigenvalue weighted by Gasteiger charge is -2.63. The van der Waals surface area contributed by atoms with Gasteiger partial charge >= 0.3 is 0 Å². The number of carbonyl (C=O) groups excluding carboxylic acids is 3. The second kappa shape index (κ2) is 17.2. The summed E-state index contributed by atoms with van der Waals surface area (Å²) >= 11 is 0. The number of rotatable bonds is 12. The van der Waals surface area contributed by atoms with Crippen LogP contribution in [0.4, 0.5) is 15.8 Å². The molecule has 1 amide bonds. The predicted octanol–water partition coefficient (Wildman–Crippen LogP) is 7.85. The molecular weight excluding hydrogens is 746 g/mol. The summed E-state index contributed by atoms with van der Waals surface area (Å²) < 4.78 is 26.7. The highest BCUT2D eigenvalue weighted by atomic mass is 19.1. The molecule has 1 atom stereocenters. The number of nitriles is 1. The van der Waals surface area contributed by atoms with Gasteiger partial charge in [-0.1, -0.05) is 39.8 Å². The molecule has 2 saturated heterocycles. The molecule has 11 heteroatoms. The van der Waals surface area contributed by atoms with Gasteiger partial charge in [-0.05, 0) is 92.1 Å². The van der Waals surface area contributed by atoms with Gasteiger partial charge in [0.25, 0.3) is 5.91 Å². The van der Waals surface area contributed by atoms with Crippen molar-refractivity contribution in [3.05, 3.63) is 95.3 Å². The Morgan fingerprint density at radius 3 is 2.20 bits per heavy atom. The summed E-state index contributed by atoms with van der Waals surface area (Å²) in [6, 6.07) is 19.6. The monoisotopic (exact) mass is 803 g/mol. The molecule has 0 aromatic heterocycles. The van der Waals surface area contributed by atoms with Crippen LogP contribution in [0.1, 0.15) is 92.5 Å². The summed E-state index contributed by atoms with van der Waals surface area (Å²) in [4.78, 5) is 46.2. The van der Waals surface area contributed by atoms with E-state index in [9.17, 15) is 24.0 Å². The zero-order valence-corrected chi connectivity index (χ0v) is 35.2. The Balaban J connectivity index is 0.855. The number of piperidine rings is 1. The number of ether oxygens (including phenoxy) is 2. The van der Waals surface area contributed by atoms with Gasteiger partial charge in [0.05, 0.1) is 24.3 Å². The molecule has 0 radical (unpaired) electrons. The molecule has 10 nitrogen and oxygen atoms in total. The molecule has 0 unspecified atom stereocenters. The van der Waals surface area contributed by atoms with Crippen LogP contribution < -0.4 is 24.6 Å². The summed E-state index contributed by atoms with van der Waals surface area (Å²) in [5.41, 5.74) is 3.53. The van der Waals surface area contributed by atoms with Crippen LogP contribution in [-0.2, 0) is 4.79 Å². The molecule has 59 heavy (non-hydrogen) atoms. The van der Waals surface area contributed by atoms with Crippen LogP contribution in [0, 0.1) is 39.8 Å². The number of Topliss-reactive ketones (excluding diaryl/α,β-unsaturated/α-hetero) is 2. The van der Waals surface area contributed by atoms with E-state index in [4.69, 9.17) is 9.47 Å². The van der Waals surface area contributed by atoms with Gasteiger partial charge in [-0.15, -0.1) is 0 Å². The zero-order valence-electron chi connectivity index (χ0n) is 35.2. The summed E-state index contributed by atoms with van der Waals surface area (Å²) in [5.74, 6) is 0.798. The van der Waals surface area contributed by atoms with Gasteiger partial charge in [0.2, 0.25) is 0 Å². The van der Waals surface area contributed by atoms with Crippen molar-refractivity contribution in [1.82, 2.24) is 10.2 Å². The maximum Gasteiger partial charge on any atom is 0.254 e. The molecule has 7 rings (SSSR count). The van der Waals surface area contributed by atoms with Crippen molar-refractivity contribution in [2.75, 3.05) is 62.7 Å². The number of allylic oxidation sites excluding steroid dienone is 1. The lowest BCUT2D eigenvalue weighted by Crippen LogP contribution is -2.66. The van der Waals surface area contributed by atoms with E-state index in [1.165, 1.54) is 6.07 Å². The molecule has 2 heterocycles. The van der Waals surface area contributed by atoms with Crippen LogP contribution in [0.2, 0.25) is 0 Å². The molecular formula is C48H58FN5O5. The van der Waals surface area contributed by atoms with E-state index in [2.05, 4.69) is 72.5 Å². The van der Waals surface area contributed by atoms with E-state index in [0.29, 0.717) is 42.2 Å². The lowest BCUT2D eigenvalue weighted by atomic mass is 9.44. The highest BCUT2D eigenvalue weighted by molar-refractivity contribution is 5.99. The quantitative estimate of drug-likeness (QED) is 0.144. The third-order valence-corrected chi connectivity index (χ3v) is 13.6. The first-order chi connectivity index (χ1) is 28.2. The number of hydrogen-bond donors (Lipinski definition) is 1. The van der Waals surface area contributed by atoms with Crippen molar-refractivity contribution in [2.24, 2.45) is 22.7 Å². The Morgan fingerprint density at radius 1 is 0.898 bits per heavy atom. The Bertz CT molecular complexity index is 2090. The Morgan fingerprint density at radius 2 is 1.56 bits per heavy atom. The van der Waals surface area contributed by atoms with Crippen LogP contribution in [0.15, 0.2) is 72.8 Å². The van der Waals surface area contributed by atoms with Crippen molar-refractivity contribution in [3.63, 3.8) is 0 Å². The van der Waals surface area contributed by atoms with Crippen LogP contribution in [-0.4, -0.2) is 87.4 Å². The number of amides is 1. The molecule has 4 fully saturated rings. The first-order valence-corrected chi connectivity index (χ1v) is 21.1. The molecule has 312 valence electrons. The highest BCUT2D eigenvalue weighted by Gasteiger charge is 2.63. The maximum atomic E-state index is 14.8. The number of halogens is 1. The smallest absolute Gasteiger partial charge is 0.254 e. The van der Waals surface area contributed by atoms with Gasteiger partial charge in [0, 0.05) is 92.5 Å². The fourth-order valence-electron chi connectivity index (χ4n) is 10.3. The number of nitrogens with zero attached hydrogens (tertiary/aromatic N) is 4. The molecule has 4 aliphatic rings. The molecule has 3 aromatic rings. The minimum atomic E-state index is -0.600. The molecule has 2 aliphatic heterocycles. The Kier molecular flexibility index (Phi) is 12.2. The molecule has 3 aromatic carbocycles. The van der Waals surface area contributed by atoms with Gasteiger partial charge in [0.1, 0.15) is 29.5 Å². The normalized spacial score (nSPS) is 23.2. The molecule has 2 aliphatic carbocycles. The minimum Gasteiger partial charge on any atom is -0.495 e. The van der Waals surface area contributed by atoms with Crippen molar-refractivity contribution in [3.8, 4) is 17.6 Å². The van der Waals surface area contributed by atoms with E-state index < -0.39 is 17.8 Å². The fourth-order valence-corrected chi connectivity index (χ4v) is 10.3. The average molecular weight is 804 g/mol. The van der Waals surface area contributed by atoms with Crippen molar-refractivity contribution in [2.45, 2.75) is 78.4 Å². The lowest BCUT2D eigenvalue weighted by molar-refractivity contribution is -0.196. The van der Waals surface area contributed by atoms with Gasteiger partial charge in [0.15, 0.2) is 11.6 Å². The fraction of sp³-hybridized carbons (Fsp3) is 0.500. The van der Waals surface area contributed by atoms with Gasteiger partial charge < -0.3 is 24.6 Å². The number of hydrogen-bond acceptors (Lipinski definition) is 9. The third kappa shape index (κ3) is 8.89. The molecule has 2 saturated carbocycles. The van der Waals surface area contributed by atoms with Crippen molar-refractivity contribution in [1.29, 1.82) is 5.26 Å². The summed E-state index contributed by atoms with van der Waals surface area (Å²) in [7, 11) is 1.54. The number of benzene rings is 3. The summed E-state index contributed by atoms with van der Waals surface area (Å²) in [5, 5.41) is 12.1. The zero-order chi connectivity index (χ0) is 42.1. The molecule has 1 N–H and O–H groups in total. The van der Waals surface area contributed by atoms with E-state index in [1.807, 2.05) is 12.1 Å². The van der Waals surface area contributed by atoms with E-state index in [-0.39, 0.29) is 46.4 Å². The van der Waals surface area contributed by atoms with Crippen LogP contribution in [0.5, 0.6) is 11.5 Å². The van der Waals surface area contributed by atoms with Crippen LogP contribution >= 0.6 is 0 Å². The summed E-state index contributed by atoms with van der Waals surface area (Å²) in [6.45, 7) is 18.9. The minimum absolute atomic E-state index is 0.0271. The Hall–Kier alpha value is -5.21. The number of piperazine rings is 1. The number of methoxy groups -OCH3 is 1. The van der Waals surface area contributed by atoms with Crippen molar-refractivity contribution < 1.29 is 28.2 Å². The summed E-state index contributed by atoms with van der Waals surface area (Å²) in [6.07, 6.45) is 3.96. The number of nitrogens with one attached hydrogen (secondary N) is 1. The van der Waals surface area contributed by atoms with E-state index in [0.717, 1.165) is 81.2 Å². The van der Waals surface area contributed by atoms with Crippen LogP contribution in [0.25, 0.3) is 0 Å². The average Bonchev–Trinajstić information content (AvgIpc) is 3.23. The number of carbonyl (C=O) groups is 3. The highest BCUT2D eigenvalue weighted by Crippen LogP contribution is 2.62. The van der Waals surface area contributed by atoms with Gasteiger partial charge in [-0.25, -0.2) is 4.39 Å². The standard InChI is InChI=1S/C48H58FN5O5/c1-31-7-16-40(42(56)25-31)51-45(57)38-26-36(13-15-39(38)49)54-23-21-52(22-24-54)30-32-17-19-53(20-18-32)35-11-8-33(9-12-35)41(55)28-44-47(2,3)46(48(44,4)5)59-37-14-10-34(29-50)43(27-37)58-6/h8-15,26-27,32,40,44,46H,1,7,16-25,28,30H2,2-6H3,(H,51,57)/t40-,44?,46?/m0/s1. The number of ketones is 2. The first-order valence-electron chi connectivity index (χ1n) is 21.1. The predicted molar refractivity (Wildman–Crippen MR) is 228 cm³/mol. The van der Waals surface area contributed by atoms with E-state index in [1.54, 1.807) is 37.4 Å². The van der Waals surface area contributed by atoms with E-state index >= 15 is 0 Å². The second-order valence-corrected chi connectivity index (χ2v) is 18.2. The topological polar surface area (TPSA) is 115 Å². The number of anilines is 2. The van der Waals surface area contributed by atoms with Crippen molar-refractivity contribution >= 4 is 28.8 Å². The molecule has 0 spiro atoms. The SMILES string of the molecule is C=C1CC[C@H](NC(=O)c2cc(N3CCN(CC4CCN(c5ccc(C(=O)CC6C(C)(C)C(Oc7ccc(C#N)c(OC)c7)C6(C)C)cc5)CC4)CC3)ccc2F)C(=O)C1. The first kappa shape index (κ1) is 41.9. The van der Waals surface area contributed by atoms with Gasteiger partial charge in [-0.3, -0.25) is 19.3 Å².